The van der Waals surface area contributed by atoms with Crippen molar-refractivity contribution in [3.05, 3.63) is 46.3 Å². The Balaban J connectivity index is 1.86. The number of aromatic nitrogens is 3. The molecule has 0 aliphatic rings. The second kappa shape index (κ2) is 5.78. The molecule has 0 saturated carbocycles. The zero-order valence-electron chi connectivity index (χ0n) is 10.1. The van der Waals surface area contributed by atoms with E-state index >= 15 is 0 Å². The fraction of sp³-hybridized carbons (Fsp3) is 0.182. The van der Waals surface area contributed by atoms with Gasteiger partial charge in [0.1, 0.15) is 6.26 Å². The summed E-state index contributed by atoms with van der Waals surface area (Å²) >= 11 is 0. The number of nitrogens with zero attached hydrogens (tertiary/aromatic N) is 3. The quantitative estimate of drug-likeness (QED) is 0.744. The summed E-state index contributed by atoms with van der Waals surface area (Å²) < 4.78 is 5.86. The summed E-state index contributed by atoms with van der Waals surface area (Å²) in [5, 5.41) is 18.3. The summed E-state index contributed by atoms with van der Waals surface area (Å²) in [5.74, 6) is -1.58. The first-order valence-corrected chi connectivity index (χ1v) is 5.57. The number of nitrogens with one attached hydrogen (secondary N) is 1. The van der Waals surface area contributed by atoms with Gasteiger partial charge < -0.3 is 14.8 Å². The lowest BCUT2D eigenvalue weighted by Gasteiger charge is -2.03. The van der Waals surface area contributed by atoms with E-state index in [1.807, 2.05) is 0 Å². The zero-order chi connectivity index (χ0) is 14.5. The average Bonchev–Trinajstić information content (AvgIpc) is 2.88. The Morgan fingerprint density at radius 3 is 2.80 bits per heavy atom. The van der Waals surface area contributed by atoms with Crippen LogP contribution in [0.15, 0.2) is 33.8 Å². The summed E-state index contributed by atoms with van der Waals surface area (Å²) in [4.78, 5) is 33.0. The molecule has 20 heavy (non-hydrogen) atoms. The van der Waals surface area contributed by atoms with Crippen LogP contribution >= 0.6 is 0 Å². The fourth-order valence-corrected chi connectivity index (χ4v) is 1.38. The van der Waals surface area contributed by atoms with E-state index < -0.39 is 17.5 Å². The number of amides is 1. The molecule has 0 spiro atoms. The van der Waals surface area contributed by atoms with Gasteiger partial charge >= 0.3 is 11.6 Å². The molecule has 0 radical (unpaired) electrons. The highest BCUT2D eigenvalue weighted by atomic mass is 16.4. The maximum absolute atomic E-state index is 11.6. The first kappa shape index (κ1) is 13.5. The molecule has 2 rings (SSSR count). The molecule has 0 fully saturated rings. The standard InChI is InChI=1S/C11H10N4O5/c16-9-2-1-7(6-20-9)10(17)12-3-4-15-5-8(11(18)19)13-14-15/h1-2,5-6H,3-4H2,(H,12,17)(H,18,19). The van der Waals surface area contributed by atoms with Gasteiger partial charge in [0.05, 0.1) is 18.3 Å². The van der Waals surface area contributed by atoms with Gasteiger partial charge in [-0.2, -0.15) is 0 Å². The molecule has 0 unspecified atom stereocenters. The number of carboxylic acids is 1. The third-order valence-corrected chi connectivity index (χ3v) is 2.35. The second-order valence-electron chi connectivity index (χ2n) is 3.77. The van der Waals surface area contributed by atoms with Crippen molar-refractivity contribution in [3.63, 3.8) is 0 Å². The van der Waals surface area contributed by atoms with Gasteiger partial charge in [-0.1, -0.05) is 5.21 Å². The highest BCUT2D eigenvalue weighted by molar-refractivity contribution is 5.93. The van der Waals surface area contributed by atoms with Crippen LogP contribution in [0.5, 0.6) is 0 Å². The monoisotopic (exact) mass is 278 g/mol. The Kier molecular flexibility index (Phi) is 3.89. The molecule has 0 bridgehead atoms. The van der Waals surface area contributed by atoms with Crippen molar-refractivity contribution in [2.75, 3.05) is 6.54 Å². The Morgan fingerprint density at radius 1 is 1.40 bits per heavy atom. The topological polar surface area (TPSA) is 127 Å². The van der Waals surface area contributed by atoms with E-state index in [2.05, 4.69) is 20.0 Å². The van der Waals surface area contributed by atoms with Crippen LogP contribution in [0.2, 0.25) is 0 Å². The van der Waals surface area contributed by atoms with Crippen LogP contribution in [-0.4, -0.2) is 38.5 Å². The van der Waals surface area contributed by atoms with Crippen molar-refractivity contribution in [1.82, 2.24) is 20.3 Å². The van der Waals surface area contributed by atoms with Crippen molar-refractivity contribution >= 4 is 11.9 Å². The predicted octanol–water partition coefficient (Wildman–Crippen LogP) is -0.641. The van der Waals surface area contributed by atoms with E-state index in [1.54, 1.807) is 0 Å². The molecule has 0 aliphatic heterocycles. The maximum Gasteiger partial charge on any atom is 0.358 e. The molecule has 1 amide bonds. The lowest BCUT2D eigenvalue weighted by Crippen LogP contribution is -2.27. The third-order valence-electron chi connectivity index (χ3n) is 2.35. The number of aromatic carboxylic acids is 1. The van der Waals surface area contributed by atoms with E-state index in [4.69, 9.17) is 5.11 Å². The number of hydrogen-bond acceptors (Lipinski definition) is 6. The van der Waals surface area contributed by atoms with Crippen molar-refractivity contribution < 1.29 is 19.1 Å². The van der Waals surface area contributed by atoms with E-state index in [0.29, 0.717) is 0 Å². The summed E-state index contributed by atoms with van der Waals surface area (Å²) in [6, 6.07) is 2.49. The van der Waals surface area contributed by atoms with Crippen molar-refractivity contribution in [2.45, 2.75) is 6.54 Å². The van der Waals surface area contributed by atoms with Crippen LogP contribution in [0.3, 0.4) is 0 Å². The number of carbonyl (C=O) groups is 2. The summed E-state index contributed by atoms with van der Waals surface area (Å²) in [7, 11) is 0. The smallest absolute Gasteiger partial charge is 0.358 e. The number of carbonyl (C=O) groups excluding carboxylic acids is 1. The summed E-state index contributed by atoms with van der Waals surface area (Å²) in [6.45, 7) is 0.489. The van der Waals surface area contributed by atoms with Crippen molar-refractivity contribution in [1.29, 1.82) is 0 Å². The summed E-state index contributed by atoms with van der Waals surface area (Å²) in [5.41, 5.74) is -0.485. The Hall–Kier alpha value is -2.97. The van der Waals surface area contributed by atoms with Gasteiger partial charge in [-0.3, -0.25) is 4.79 Å². The van der Waals surface area contributed by atoms with Gasteiger partial charge in [0, 0.05) is 12.6 Å². The SMILES string of the molecule is O=C(NCCn1cc(C(=O)O)nn1)c1ccc(=O)oc1. The summed E-state index contributed by atoms with van der Waals surface area (Å²) in [6.07, 6.45) is 2.33. The molecule has 2 aromatic rings. The lowest BCUT2D eigenvalue weighted by atomic mass is 10.3. The molecule has 0 atom stereocenters. The van der Waals surface area contributed by atoms with Gasteiger partial charge in [-0.05, 0) is 6.07 Å². The van der Waals surface area contributed by atoms with Gasteiger partial charge in [0.25, 0.3) is 5.91 Å². The van der Waals surface area contributed by atoms with Crippen LogP contribution in [0.4, 0.5) is 0 Å². The van der Waals surface area contributed by atoms with E-state index in [-0.39, 0.29) is 24.3 Å². The van der Waals surface area contributed by atoms with Crippen LogP contribution < -0.4 is 10.9 Å². The van der Waals surface area contributed by atoms with Crippen LogP contribution in [0.25, 0.3) is 0 Å². The molecule has 0 saturated heterocycles. The molecule has 2 aromatic heterocycles. The van der Waals surface area contributed by atoms with Gasteiger partial charge in [-0.15, -0.1) is 5.10 Å². The minimum atomic E-state index is -1.17. The number of carboxylic acid groups (broad SMARTS) is 1. The molecule has 0 aromatic carbocycles. The van der Waals surface area contributed by atoms with Crippen LogP contribution in [0, 0.1) is 0 Å². The first-order valence-electron chi connectivity index (χ1n) is 5.57. The van der Waals surface area contributed by atoms with Crippen LogP contribution in [-0.2, 0) is 6.54 Å². The van der Waals surface area contributed by atoms with Crippen LogP contribution in [0.1, 0.15) is 20.8 Å². The Labute approximate surface area is 111 Å². The largest absolute Gasteiger partial charge is 0.476 e. The van der Waals surface area contributed by atoms with E-state index in [0.717, 1.165) is 12.3 Å². The second-order valence-corrected chi connectivity index (χ2v) is 3.77. The Morgan fingerprint density at radius 2 is 2.20 bits per heavy atom. The maximum atomic E-state index is 11.6. The number of rotatable bonds is 5. The molecule has 2 N–H and O–H groups in total. The molecule has 0 aliphatic carbocycles. The van der Waals surface area contributed by atoms with Crippen molar-refractivity contribution in [3.8, 4) is 0 Å². The Bertz CT molecular complexity index is 670. The third kappa shape index (κ3) is 3.28. The molecule has 9 heteroatoms. The molecule has 104 valence electrons. The molecular weight excluding hydrogens is 268 g/mol. The molecule has 9 nitrogen and oxygen atoms in total. The van der Waals surface area contributed by atoms with Crippen molar-refractivity contribution in [2.24, 2.45) is 0 Å². The molecule has 2 heterocycles. The number of hydrogen-bond donors (Lipinski definition) is 2. The zero-order valence-corrected chi connectivity index (χ0v) is 10.1. The normalized spacial score (nSPS) is 10.2. The van der Waals surface area contributed by atoms with Gasteiger partial charge in [-0.25, -0.2) is 14.3 Å². The fourth-order valence-electron chi connectivity index (χ4n) is 1.38. The average molecular weight is 278 g/mol. The highest BCUT2D eigenvalue weighted by Crippen LogP contribution is 1.95. The van der Waals surface area contributed by atoms with Gasteiger partial charge in [0.15, 0.2) is 5.69 Å². The van der Waals surface area contributed by atoms with E-state index in [1.165, 1.54) is 16.9 Å². The minimum absolute atomic E-state index is 0.166. The minimum Gasteiger partial charge on any atom is -0.476 e. The first-order chi connectivity index (χ1) is 9.56. The lowest BCUT2D eigenvalue weighted by molar-refractivity contribution is 0.0690. The highest BCUT2D eigenvalue weighted by Gasteiger charge is 2.09. The van der Waals surface area contributed by atoms with Gasteiger partial charge in [0.2, 0.25) is 0 Å². The van der Waals surface area contributed by atoms with E-state index in [9.17, 15) is 14.4 Å². The predicted molar refractivity (Wildman–Crippen MR) is 64.3 cm³/mol. The molecular formula is C11H10N4O5.